The molecule has 3 N–H and O–H groups in total. The first-order valence-corrected chi connectivity index (χ1v) is 12.1. The number of piperidine rings is 1. The molecule has 0 spiro atoms. The molecule has 0 saturated carbocycles. The van der Waals surface area contributed by atoms with Gasteiger partial charge >= 0.3 is 6.03 Å². The van der Waals surface area contributed by atoms with Crippen LogP contribution in [0.4, 0.5) is 10.5 Å². The summed E-state index contributed by atoms with van der Waals surface area (Å²) in [6, 6.07) is 10.5. The molecule has 1 fully saturated rings. The summed E-state index contributed by atoms with van der Waals surface area (Å²) < 4.78 is 12.4. The number of carbonyl (C=O) groups is 2. The quantitative estimate of drug-likeness (QED) is 0.458. The minimum Gasteiger partial charge on any atom is -0.492 e. The van der Waals surface area contributed by atoms with E-state index in [4.69, 9.17) is 9.47 Å². The summed E-state index contributed by atoms with van der Waals surface area (Å²) in [6.07, 6.45) is 3.82. The van der Waals surface area contributed by atoms with Crippen molar-refractivity contribution in [1.29, 1.82) is 0 Å². The highest BCUT2D eigenvalue weighted by Crippen LogP contribution is 2.34. The number of hydrogen-bond acceptors (Lipinski definition) is 6. The summed E-state index contributed by atoms with van der Waals surface area (Å²) in [5.41, 5.74) is 2.66. The van der Waals surface area contributed by atoms with Crippen molar-refractivity contribution in [1.82, 2.24) is 20.5 Å². The number of carbonyl (C=O) groups excluding carboxylic acids is 2. The van der Waals surface area contributed by atoms with Gasteiger partial charge in [0.2, 0.25) is 0 Å². The van der Waals surface area contributed by atoms with Crippen molar-refractivity contribution < 1.29 is 19.1 Å². The van der Waals surface area contributed by atoms with Gasteiger partial charge in [-0.1, -0.05) is 0 Å². The molecule has 1 aliphatic heterocycles. The summed E-state index contributed by atoms with van der Waals surface area (Å²) in [4.78, 5) is 31.2. The number of nitrogens with zero attached hydrogens (tertiary/aromatic N) is 2. The Morgan fingerprint density at radius 3 is 2.53 bits per heavy atom. The van der Waals surface area contributed by atoms with Crippen LogP contribution in [0.2, 0.25) is 0 Å². The molecule has 190 valence electrons. The maximum Gasteiger partial charge on any atom is 0.318 e. The summed E-state index contributed by atoms with van der Waals surface area (Å²) in [5.74, 6) is 1.92. The number of nitrogens with one attached hydrogen (secondary N) is 3. The van der Waals surface area contributed by atoms with Gasteiger partial charge in [0.15, 0.2) is 0 Å². The molecule has 0 atom stereocenters. The van der Waals surface area contributed by atoms with Crippen LogP contribution in [0.5, 0.6) is 17.2 Å². The third-order valence-corrected chi connectivity index (χ3v) is 6.49. The zero-order chi connectivity index (χ0) is 25.7. The molecule has 0 bridgehead atoms. The van der Waals surface area contributed by atoms with Gasteiger partial charge in [0.1, 0.15) is 17.2 Å². The van der Waals surface area contributed by atoms with Crippen LogP contribution >= 0.6 is 0 Å². The lowest BCUT2D eigenvalue weighted by Crippen LogP contribution is -2.32. The average molecular weight is 492 g/mol. The van der Waals surface area contributed by atoms with Crippen LogP contribution in [0.3, 0.4) is 0 Å². The number of rotatable bonds is 7. The molecule has 3 aromatic rings. The molecule has 2 aromatic carbocycles. The van der Waals surface area contributed by atoms with Gasteiger partial charge in [0.25, 0.3) is 5.91 Å². The van der Waals surface area contributed by atoms with Crippen LogP contribution in [-0.4, -0.2) is 62.7 Å². The number of benzene rings is 2. The van der Waals surface area contributed by atoms with Crippen molar-refractivity contribution in [3.63, 3.8) is 0 Å². The molecule has 2 heterocycles. The summed E-state index contributed by atoms with van der Waals surface area (Å²) in [6.45, 7) is 4.56. The van der Waals surface area contributed by atoms with E-state index in [1.54, 1.807) is 44.6 Å². The van der Waals surface area contributed by atoms with Crippen molar-refractivity contribution in [2.24, 2.45) is 5.92 Å². The average Bonchev–Trinajstić information content (AvgIpc) is 2.89. The van der Waals surface area contributed by atoms with Crippen LogP contribution in [-0.2, 0) is 0 Å². The van der Waals surface area contributed by atoms with Gasteiger partial charge in [0, 0.05) is 37.4 Å². The third kappa shape index (κ3) is 5.85. The highest BCUT2D eigenvalue weighted by atomic mass is 16.5. The zero-order valence-electron chi connectivity index (χ0n) is 21.2. The van der Waals surface area contributed by atoms with Crippen molar-refractivity contribution in [2.75, 3.05) is 46.2 Å². The normalized spacial score (nSPS) is 14.3. The Hall–Kier alpha value is -3.85. The Kier molecular flexibility index (Phi) is 7.90. The number of urea groups is 1. The van der Waals surface area contributed by atoms with Crippen molar-refractivity contribution in [3.05, 3.63) is 53.7 Å². The molecule has 1 saturated heterocycles. The molecule has 9 nitrogen and oxygen atoms in total. The number of amides is 3. The second kappa shape index (κ2) is 11.3. The predicted octanol–water partition coefficient (Wildman–Crippen LogP) is 4.17. The van der Waals surface area contributed by atoms with Gasteiger partial charge in [-0.05, 0) is 81.7 Å². The number of aromatic nitrogens is 1. The van der Waals surface area contributed by atoms with E-state index in [9.17, 15) is 9.59 Å². The van der Waals surface area contributed by atoms with Crippen LogP contribution < -0.4 is 25.4 Å². The molecule has 1 aromatic heterocycles. The Balaban J connectivity index is 1.60. The second-order valence-electron chi connectivity index (χ2n) is 9.09. The van der Waals surface area contributed by atoms with Crippen molar-refractivity contribution >= 4 is 28.5 Å². The zero-order valence-corrected chi connectivity index (χ0v) is 21.2. The van der Waals surface area contributed by atoms with Gasteiger partial charge in [-0.2, -0.15) is 0 Å². The highest BCUT2D eigenvalue weighted by Gasteiger charge is 2.20. The van der Waals surface area contributed by atoms with E-state index in [1.165, 1.54) is 0 Å². The van der Waals surface area contributed by atoms with Gasteiger partial charge in [-0.15, -0.1) is 0 Å². The topological polar surface area (TPSA) is 105 Å². The maximum atomic E-state index is 12.7. The molecule has 36 heavy (non-hydrogen) atoms. The van der Waals surface area contributed by atoms with E-state index in [1.807, 2.05) is 19.1 Å². The number of pyridine rings is 1. The largest absolute Gasteiger partial charge is 0.492 e. The van der Waals surface area contributed by atoms with Gasteiger partial charge in [0.05, 0.1) is 17.7 Å². The molecular weight excluding hydrogens is 458 g/mol. The van der Waals surface area contributed by atoms with E-state index in [-0.39, 0.29) is 11.9 Å². The fourth-order valence-corrected chi connectivity index (χ4v) is 4.26. The fraction of sp³-hybridized carbons (Fsp3) is 0.370. The highest BCUT2D eigenvalue weighted by molar-refractivity contribution is 6.02. The predicted molar refractivity (Wildman–Crippen MR) is 140 cm³/mol. The molecule has 1 aliphatic rings. The Morgan fingerprint density at radius 1 is 1.06 bits per heavy atom. The molecule has 3 amide bonds. The Morgan fingerprint density at radius 2 is 1.83 bits per heavy atom. The monoisotopic (exact) mass is 491 g/mol. The molecule has 4 rings (SSSR count). The first-order chi connectivity index (χ1) is 17.4. The minimum absolute atomic E-state index is 0.231. The van der Waals surface area contributed by atoms with Gasteiger partial charge in [-0.3, -0.25) is 9.78 Å². The fourth-order valence-electron chi connectivity index (χ4n) is 4.26. The molecular formula is C27H33N5O4. The molecule has 0 aliphatic carbocycles. The molecule has 0 radical (unpaired) electrons. The lowest BCUT2D eigenvalue weighted by Gasteiger charge is -2.29. The summed E-state index contributed by atoms with van der Waals surface area (Å²) >= 11 is 0. The van der Waals surface area contributed by atoms with Crippen molar-refractivity contribution in [3.8, 4) is 17.2 Å². The lowest BCUT2D eigenvalue weighted by atomic mass is 9.98. The number of aryl methyl sites for hydroxylation is 1. The van der Waals surface area contributed by atoms with E-state index in [0.717, 1.165) is 31.5 Å². The van der Waals surface area contributed by atoms with E-state index < -0.39 is 0 Å². The second-order valence-corrected chi connectivity index (χ2v) is 9.09. The third-order valence-electron chi connectivity index (χ3n) is 6.49. The number of anilines is 1. The van der Waals surface area contributed by atoms with Gasteiger partial charge in [-0.25, -0.2) is 4.79 Å². The minimum atomic E-state index is -0.289. The molecule has 9 heteroatoms. The Bertz CT molecular complexity index is 1250. The van der Waals surface area contributed by atoms with Crippen molar-refractivity contribution in [2.45, 2.75) is 19.8 Å². The number of ether oxygens (including phenoxy) is 2. The van der Waals surface area contributed by atoms with Crippen LogP contribution in [0, 0.1) is 12.8 Å². The summed E-state index contributed by atoms with van der Waals surface area (Å²) in [7, 11) is 5.30. The number of likely N-dealkylation sites (tertiary alicyclic amines) is 1. The summed E-state index contributed by atoms with van der Waals surface area (Å²) in [5, 5.41) is 8.72. The Labute approximate surface area is 211 Å². The van der Waals surface area contributed by atoms with Gasteiger partial charge < -0.3 is 30.3 Å². The van der Waals surface area contributed by atoms with E-state index in [2.05, 4.69) is 32.9 Å². The lowest BCUT2D eigenvalue weighted by molar-refractivity contribution is 0.0956. The first kappa shape index (κ1) is 25.2. The van der Waals surface area contributed by atoms with E-state index >= 15 is 0 Å². The van der Waals surface area contributed by atoms with Crippen LogP contribution in [0.1, 0.15) is 28.8 Å². The SMILES string of the molecule is CNC(=O)Nc1ccc(Oc2ccnc3cc(OCC4CCN(C)CC4)c(C(=O)NC)cc23)cc1C. The smallest absolute Gasteiger partial charge is 0.318 e. The maximum absolute atomic E-state index is 12.7. The van der Waals surface area contributed by atoms with Crippen LogP contribution in [0.15, 0.2) is 42.6 Å². The first-order valence-electron chi connectivity index (χ1n) is 12.1. The van der Waals surface area contributed by atoms with E-state index in [0.29, 0.717) is 51.9 Å². The molecule has 0 unspecified atom stereocenters. The standard InChI is InChI=1S/C27H33N5O4/c1-17-13-19(5-6-22(17)31-27(34)29-3)36-24-7-10-30-23-15-25(21(14-20(23)24)26(33)28-2)35-16-18-8-11-32(4)12-9-18/h5-7,10,13-15,18H,8-9,11-12,16H2,1-4H3,(H,28,33)(H2,29,31,34). The number of hydrogen-bond donors (Lipinski definition) is 3. The number of fused-ring (bicyclic) bond motifs is 1. The van der Waals surface area contributed by atoms with Crippen LogP contribution in [0.25, 0.3) is 10.9 Å².